The van der Waals surface area contributed by atoms with Gasteiger partial charge in [0.05, 0.1) is 0 Å². The smallest absolute Gasteiger partial charge is 0.0476 e. The summed E-state index contributed by atoms with van der Waals surface area (Å²) < 4.78 is 0. The minimum Gasteiger partial charge on any atom is -0.379 e. The van der Waals surface area contributed by atoms with Crippen LogP contribution in [0.3, 0.4) is 0 Å². The van der Waals surface area contributed by atoms with Gasteiger partial charge < -0.3 is 5.32 Å². The van der Waals surface area contributed by atoms with Crippen LogP contribution in [0.2, 0.25) is 0 Å². The molecule has 0 bridgehead atoms. The molecule has 1 unspecified atom stereocenters. The molecule has 1 heteroatoms. The van der Waals surface area contributed by atoms with E-state index in [2.05, 4.69) is 134 Å². The zero-order chi connectivity index (χ0) is 25.9. The molecule has 0 aliphatic carbocycles. The third-order valence-corrected chi connectivity index (χ3v) is 6.31. The topological polar surface area (TPSA) is 12.0 Å². The second-order valence-corrected chi connectivity index (χ2v) is 8.83. The summed E-state index contributed by atoms with van der Waals surface area (Å²) in [6.45, 7) is 11.7. The highest BCUT2D eigenvalue weighted by Gasteiger charge is 2.04. The van der Waals surface area contributed by atoms with Crippen molar-refractivity contribution in [2.75, 3.05) is 5.32 Å². The highest BCUT2D eigenvalue weighted by Crippen LogP contribution is 2.26. The van der Waals surface area contributed by atoms with Crippen LogP contribution < -0.4 is 5.32 Å². The summed E-state index contributed by atoms with van der Waals surface area (Å²) in [5.41, 5.74) is 9.32. The molecule has 0 saturated carbocycles. The maximum atomic E-state index is 4.02. The zero-order valence-corrected chi connectivity index (χ0v) is 21.2. The molecule has 4 rings (SSSR count). The Kier molecular flexibility index (Phi) is 8.88. The summed E-state index contributed by atoms with van der Waals surface area (Å²) in [5.74, 6) is 0. The van der Waals surface area contributed by atoms with Crippen molar-refractivity contribution in [2.45, 2.75) is 12.5 Å². The fourth-order valence-electron chi connectivity index (χ4n) is 4.22. The lowest BCUT2D eigenvalue weighted by Gasteiger charge is -2.15. The van der Waals surface area contributed by atoms with Gasteiger partial charge in [-0.1, -0.05) is 141 Å². The second-order valence-electron chi connectivity index (χ2n) is 8.83. The van der Waals surface area contributed by atoms with Crippen LogP contribution in [-0.2, 0) is 0 Å². The van der Waals surface area contributed by atoms with E-state index in [9.17, 15) is 0 Å². The molecule has 0 aliphatic heterocycles. The quantitative estimate of drug-likeness (QED) is 0.167. The van der Waals surface area contributed by atoms with Crippen molar-refractivity contribution in [1.29, 1.82) is 0 Å². The SMILES string of the molecule is C=CC=C(C=C)c1ccc(C=CCC(C=C)Nc2ccc(-c3ccc(-c4ccccc4)cc3)cc2)cc1. The van der Waals surface area contributed by atoms with E-state index in [1.165, 1.54) is 22.3 Å². The van der Waals surface area contributed by atoms with Gasteiger partial charge in [0, 0.05) is 11.7 Å². The first-order valence-electron chi connectivity index (χ1n) is 12.6. The molecule has 4 aromatic carbocycles. The number of benzene rings is 4. The molecule has 0 saturated heterocycles. The van der Waals surface area contributed by atoms with Gasteiger partial charge in [0.1, 0.15) is 0 Å². The minimum atomic E-state index is 0.148. The van der Waals surface area contributed by atoms with E-state index < -0.39 is 0 Å². The lowest BCUT2D eigenvalue weighted by Crippen LogP contribution is -2.15. The Hall–Kier alpha value is -4.62. The fourth-order valence-corrected chi connectivity index (χ4v) is 4.22. The first kappa shape index (κ1) is 25.5. The first-order valence-corrected chi connectivity index (χ1v) is 12.6. The van der Waals surface area contributed by atoms with Gasteiger partial charge >= 0.3 is 0 Å². The Morgan fingerprint density at radius 3 is 1.78 bits per heavy atom. The van der Waals surface area contributed by atoms with Crippen LogP contribution in [0.15, 0.2) is 153 Å². The van der Waals surface area contributed by atoms with Gasteiger partial charge in [-0.15, -0.1) is 6.58 Å². The van der Waals surface area contributed by atoms with E-state index in [1.54, 1.807) is 6.08 Å². The second kappa shape index (κ2) is 12.9. The van der Waals surface area contributed by atoms with Crippen LogP contribution in [0.1, 0.15) is 17.5 Å². The van der Waals surface area contributed by atoms with Crippen molar-refractivity contribution < 1.29 is 0 Å². The van der Waals surface area contributed by atoms with Gasteiger partial charge in [-0.05, 0) is 57.5 Å². The predicted octanol–water partition coefficient (Wildman–Crippen LogP) is 9.85. The number of rotatable bonds is 11. The normalized spacial score (nSPS) is 12.2. The van der Waals surface area contributed by atoms with Crippen molar-refractivity contribution in [2.24, 2.45) is 0 Å². The highest BCUT2D eigenvalue weighted by atomic mass is 14.9. The molecule has 182 valence electrons. The number of allylic oxidation sites excluding steroid dienone is 4. The number of nitrogens with one attached hydrogen (secondary N) is 1. The Balaban J connectivity index is 1.34. The summed E-state index contributed by atoms with van der Waals surface area (Å²) in [6, 6.07) is 36.4. The van der Waals surface area contributed by atoms with E-state index in [0.29, 0.717) is 0 Å². The molecule has 0 fully saturated rings. The van der Waals surface area contributed by atoms with Gasteiger partial charge in [0.2, 0.25) is 0 Å². The molecule has 0 aromatic heterocycles. The van der Waals surface area contributed by atoms with Crippen molar-refractivity contribution in [3.05, 3.63) is 164 Å². The molecular weight excluding hydrogens is 446 g/mol. The van der Waals surface area contributed by atoms with Crippen LogP contribution in [0, 0.1) is 0 Å². The number of hydrogen-bond acceptors (Lipinski definition) is 1. The molecule has 1 nitrogen and oxygen atoms in total. The first-order chi connectivity index (χ1) is 18.2. The Morgan fingerprint density at radius 2 is 1.24 bits per heavy atom. The Bertz CT molecular complexity index is 1370. The third-order valence-electron chi connectivity index (χ3n) is 6.31. The van der Waals surface area contributed by atoms with Crippen molar-refractivity contribution in [1.82, 2.24) is 0 Å². The van der Waals surface area contributed by atoms with Crippen LogP contribution in [0.4, 0.5) is 5.69 Å². The third kappa shape index (κ3) is 6.96. The summed E-state index contributed by atoms with van der Waals surface area (Å²) in [5, 5.41) is 3.57. The molecule has 0 heterocycles. The van der Waals surface area contributed by atoms with Gasteiger partial charge in [-0.25, -0.2) is 0 Å². The minimum absolute atomic E-state index is 0.148. The molecular formula is C36H33N. The maximum Gasteiger partial charge on any atom is 0.0476 e. The molecule has 4 aromatic rings. The molecule has 1 N–H and O–H groups in total. The summed E-state index contributed by atoms with van der Waals surface area (Å²) in [4.78, 5) is 0. The molecule has 1 atom stereocenters. The fraction of sp³-hybridized carbons (Fsp3) is 0.0556. The molecule has 0 spiro atoms. The zero-order valence-electron chi connectivity index (χ0n) is 21.2. The molecule has 0 aliphatic rings. The molecule has 37 heavy (non-hydrogen) atoms. The van der Waals surface area contributed by atoms with E-state index in [4.69, 9.17) is 0 Å². The van der Waals surface area contributed by atoms with Crippen LogP contribution in [0.25, 0.3) is 33.9 Å². The summed E-state index contributed by atoms with van der Waals surface area (Å²) >= 11 is 0. The predicted molar refractivity (Wildman–Crippen MR) is 163 cm³/mol. The lowest BCUT2D eigenvalue weighted by molar-refractivity contribution is 0.898. The number of anilines is 1. The molecule has 0 radical (unpaired) electrons. The van der Waals surface area contributed by atoms with E-state index in [-0.39, 0.29) is 6.04 Å². The van der Waals surface area contributed by atoms with Crippen LogP contribution >= 0.6 is 0 Å². The van der Waals surface area contributed by atoms with Gasteiger partial charge in [-0.3, -0.25) is 0 Å². The van der Waals surface area contributed by atoms with Gasteiger partial charge in [0.25, 0.3) is 0 Å². The lowest BCUT2D eigenvalue weighted by atomic mass is 10.00. The summed E-state index contributed by atoms with van der Waals surface area (Å²) in [6.07, 6.45) is 12.7. The van der Waals surface area contributed by atoms with Gasteiger partial charge in [-0.2, -0.15) is 0 Å². The standard InChI is InChI=1S/C36H33N/c1-4-11-29(5-2)31-18-16-28(17-19-31)12-10-15-35(6-3)37-36-26-24-34(25-27-36)33-22-20-32(21-23-33)30-13-8-7-9-14-30/h4-14,16-27,35,37H,1-3,15H2. The number of hydrogen-bond donors (Lipinski definition) is 1. The van der Waals surface area contributed by atoms with Crippen molar-refractivity contribution in [3.8, 4) is 22.3 Å². The average Bonchev–Trinajstić information content (AvgIpc) is 2.97. The van der Waals surface area contributed by atoms with E-state index >= 15 is 0 Å². The Labute approximate surface area is 221 Å². The Morgan fingerprint density at radius 1 is 0.676 bits per heavy atom. The highest BCUT2D eigenvalue weighted by molar-refractivity contribution is 5.75. The van der Waals surface area contributed by atoms with E-state index in [1.807, 2.05) is 24.3 Å². The van der Waals surface area contributed by atoms with Crippen LogP contribution in [0.5, 0.6) is 0 Å². The molecule has 0 amide bonds. The van der Waals surface area contributed by atoms with E-state index in [0.717, 1.165) is 28.8 Å². The largest absolute Gasteiger partial charge is 0.379 e. The summed E-state index contributed by atoms with van der Waals surface area (Å²) in [7, 11) is 0. The van der Waals surface area contributed by atoms with Crippen molar-refractivity contribution >= 4 is 17.3 Å². The van der Waals surface area contributed by atoms with Crippen LogP contribution in [-0.4, -0.2) is 6.04 Å². The van der Waals surface area contributed by atoms with Gasteiger partial charge in [0.15, 0.2) is 0 Å². The monoisotopic (exact) mass is 479 g/mol. The maximum absolute atomic E-state index is 4.02. The van der Waals surface area contributed by atoms with Crippen molar-refractivity contribution in [3.63, 3.8) is 0 Å². The average molecular weight is 480 g/mol.